The Morgan fingerprint density at radius 1 is 0.750 bits per heavy atom. The van der Waals surface area contributed by atoms with Gasteiger partial charge in [0.1, 0.15) is 5.02 Å². The number of rotatable bonds is 4. The molecule has 0 aliphatic heterocycles. The van der Waals surface area contributed by atoms with Crippen molar-refractivity contribution >= 4 is 34.7 Å². The molecule has 24 heavy (non-hydrogen) atoms. The zero-order valence-corrected chi connectivity index (χ0v) is 14.7. The summed E-state index contributed by atoms with van der Waals surface area (Å²) >= 11 is 6.48. The van der Waals surface area contributed by atoms with Crippen molar-refractivity contribution in [2.75, 3.05) is 23.9 Å². The number of nitrogens with zero attached hydrogens (tertiary/aromatic N) is 4. The molecule has 0 bridgehead atoms. The Hall–Kier alpha value is -2.59. The first-order valence-electron chi connectivity index (χ1n) is 7.69. The molecule has 5 heteroatoms. The summed E-state index contributed by atoms with van der Waals surface area (Å²) in [6.45, 7) is 1.90. The largest absolute Gasteiger partial charge is 0.328 e. The zero-order chi connectivity index (χ0) is 17.1. The second-order valence-electron chi connectivity index (χ2n) is 5.54. The van der Waals surface area contributed by atoms with Gasteiger partial charge in [-0.05, 0) is 31.2 Å². The van der Waals surface area contributed by atoms with Gasteiger partial charge in [-0.15, -0.1) is 0 Å². The molecule has 0 spiro atoms. The molecule has 1 heterocycles. The summed E-state index contributed by atoms with van der Waals surface area (Å²) in [5.41, 5.74) is 2.79. The molecule has 4 nitrogen and oxygen atoms in total. The van der Waals surface area contributed by atoms with Crippen LogP contribution in [0.15, 0.2) is 60.7 Å². The van der Waals surface area contributed by atoms with Gasteiger partial charge in [-0.25, -0.2) is 4.98 Å². The third kappa shape index (κ3) is 3.19. The van der Waals surface area contributed by atoms with E-state index in [0.29, 0.717) is 16.8 Å². The zero-order valence-electron chi connectivity index (χ0n) is 13.9. The summed E-state index contributed by atoms with van der Waals surface area (Å²) in [5.74, 6) is 1.30. The fourth-order valence-corrected chi connectivity index (χ4v) is 2.65. The maximum atomic E-state index is 6.48. The first-order chi connectivity index (χ1) is 11.6. The monoisotopic (exact) mass is 338 g/mol. The van der Waals surface area contributed by atoms with Crippen molar-refractivity contribution < 1.29 is 0 Å². The molecule has 0 fully saturated rings. The Balaban J connectivity index is 2.03. The average molecular weight is 339 g/mol. The number of hydrogen-bond acceptors (Lipinski definition) is 4. The standard InChI is InChI=1S/C19H19ClN4/c1-14-17(20)18(23(2)15-10-6-4-7-11-15)22-19(21-14)24(3)16-12-8-5-9-13-16/h4-13H,1-3H3. The van der Waals surface area contributed by atoms with E-state index in [9.17, 15) is 0 Å². The summed E-state index contributed by atoms with van der Waals surface area (Å²) in [7, 11) is 3.90. The van der Waals surface area contributed by atoms with Gasteiger partial charge in [0.15, 0.2) is 5.82 Å². The number of para-hydroxylation sites is 2. The number of anilines is 4. The topological polar surface area (TPSA) is 32.3 Å². The van der Waals surface area contributed by atoms with Gasteiger partial charge in [-0.3, -0.25) is 0 Å². The third-order valence-electron chi connectivity index (χ3n) is 3.89. The van der Waals surface area contributed by atoms with Gasteiger partial charge in [0.25, 0.3) is 0 Å². The Morgan fingerprint density at radius 2 is 1.25 bits per heavy atom. The van der Waals surface area contributed by atoms with Crippen LogP contribution in [0.5, 0.6) is 0 Å². The maximum Gasteiger partial charge on any atom is 0.231 e. The lowest BCUT2D eigenvalue weighted by molar-refractivity contribution is 0.991. The minimum absolute atomic E-state index is 0.562. The molecule has 1 aromatic heterocycles. The first-order valence-corrected chi connectivity index (χ1v) is 8.07. The molecule has 2 aromatic carbocycles. The Morgan fingerprint density at radius 3 is 1.79 bits per heavy atom. The van der Waals surface area contributed by atoms with Crippen molar-refractivity contribution in [1.82, 2.24) is 9.97 Å². The van der Waals surface area contributed by atoms with Crippen LogP contribution in [0, 0.1) is 6.92 Å². The van der Waals surface area contributed by atoms with Gasteiger partial charge in [-0.1, -0.05) is 48.0 Å². The highest BCUT2D eigenvalue weighted by atomic mass is 35.5. The number of hydrogen-bond donors (Lipinski definition) is 0. The van der Waals surface area contributed by atoms with E-state index < -0.39 is 0 Å². The Kier molecular flexibility index (Phi) is 4.67. The summed E-state index contributed by atoms with van der Waals surface area (Å²) < 4.78 is 0. The predicted octanol–water partition coefficient (Wildman–Crippen LogP) is 4.97. The van der Waals surface area contributed by atoms with E-state index in [1.54, 1.807) is 0 Å². The average Bonchev–Trinajstić information content (AvgIpc) is 2.64. The van der Waals surface area contributed by atoms with Crippen molar-refractivity contribution in [2.24, 2.45) is 0 Å². The molecular formula is C19H19ClN4. The summed E-state index contributed by atoms with van der Waals surface area (Å²) in [6, 6.07) is 20.0. The fraction of sp³-hybridized carbons (Fsp3) is 0.158. The van der Waals surface area contributed by atoms with Crippen molar-refractivity contribution in [3.63, 3.8) is 0 Å². The van der Waals surface area contributed by atoms with Crippen LogP contribution in [0.25, 0.3) is 0 Å². The highest BCUT2D eigenvalue weighted by Gasteiger charge is 2.17. The third-order valence-corrected chi connectivity index (χ3v) is 4.33. The molecule has 0 radical (unpaired) electrons. The van der Waals surface area contributed by atoms with Gasteiger partial charge in [0.05, 0.1) is 5.69 Å². The summed E-state index contributed by atoms with van der Waals surface area (Å²) in [4.78, 5) is 13.2. The van der Waals surface area contributed by atoms with Gasteiger partial charge in [0.2, 0.25) is 5.95 Å². The molecule has 0 aliphatic rings. The van der Waals surface area contributed by atoms with Crippen LogP contribution in [0.3, 0.4) is 0 Å². The van der Waals surface area contributed by atoms with Gasteiger partial charge in [-0.2, -0.15) is 4.98 Å². The van der Waals surface area contributed by atoms with Crippen LogP contribution >= 0.6 is 11.6 Å². The molecule has 122 valence electrons. The number of benzene rings is 2. The molecule has 0 atom stereocenters. The lowest BCUT2D eigenvalue weighted by atomic mass is 10.3. The van der Waals surface area contributed by atoms with Crippen molar-refractivity contribution in [1.29, 1.82) is 0 Å². The van der Waals surface area contributed by atoms with Crippen molar-refractivity contribution in [2.45, 2.75) is 6.92 Å². The molecule has 0 aliphatic carbocycles. The van der Waals surface area contributed by atoms with Crippen LogP contribution in [0.2, 0.25) is 5.02 Å². The lowest BCUT2D eigenvalue weighted by Gasteiger charge is -2.23. The van der Waals surface area contributed by atoms with E-state index in [1.165, 1.54) is 0 Å². The summed E-state index contributed by atoms with van der Waals surface area (Å²) in [5, 5.41) is 0.562. The smallest absolute Gasteiger partial charge is 0.231 e. The maximum absolute atomic E-state index is 6.48. The molecule has 3 rings (SSSR count). The SMILES string of the molecule is Cc1nc(N(C)c2ccccc2)nc(N(C)c2ccccc2)c1Cl. The fourth-order valence-electron chi connectivity index (χ4n) is 2.44. The molecule has 0 saturated carbocycles. The van der Waals surface area contributed by atoms with E-state index >= 15 is 0 Å². The highest BCUT2D eigenvalue weighted by Crippen LogP contribution is 2.33. The number of halogens is 1. The first kappa shape index (κ1) is 16.3. The molecule has 0 N–H and O–H groups in total. The van der Waals surface area contributed by atoms with Gasteiger partial charge < -0.3 is 9.80 Å². The Labute approximate surface area is 147 Å². The van der Waals surface area contributed by atoms with Crippen LogP contribution < -0.4 is 9.80 Å². The highest BCUT2D eigenvalue weighted by molar-refractivity contribution is 6.33. The molecule has 0 saturated heterocycles. The Bertz CT molecular complexity index is 822. The predicted molar refractivity (Wildman–Crippen MR) is 101 cm³/mol. The van der Waals surface area contributed by atoms with Gasteiger partial charge in [0, 0.05) is 25.5 Å². The van der Waals surface area contributed by atoms with Crippen molar-refractivity contribution in [3.8, 4) is 0 Å². The van der Waals surface area contributed by atoms with Crippen LogP contribution in [-0.2, 0) is 0 Å². The van der Waals surface area contributed by atoms with Crippen LogP contribution in [0.4, 0.5) is 23.1 Å². The second kappa shape index (κ2) is 6.89. The van der Waals surface area contributed by atoms with E-state index in [1.807, 2.05) is 91.5 Å². The second-order valence-corrected chi connectivity index (χ2v) is 5.91. The minimum Gasteiger partial charge on any atom is -0.328 e. The van der Waals surface area contributed by atoms with Crippen LogP contribution in [0.1, 0.15) is 5.69 Å². The number of aryl methyl sites for hydroxylation is 1. The van der Waals surface area contributed by atoms with E-state index in [2.05, 4.69) is 4.98 Å². The van der Waals surface area contributed by atoms with Crippen molar-refractivity contribution in [3.05, 3.63) is 71.4 Å². The van der Waals surface area contributed by atoms with Crippen LogP contribution in [-0.4, -0.2) is 24.1 Å². The molecule has 0 amide bonds. The molecular weight excluding hydrogens is 320 g/mol. The van der Waals surface area contributed by atoms with Gasteiger partial charge >= 0.3 is 0 Å². The summed E-state index contributed by atoms with van der Waals surface area (Å²) in [6.07, 6.45) is 0. The quantitative estimate of drug-likeness (QED) is 0.672. The van der Waals surface area contributed by atoms with E-state index in [0.717, 1.165) is 17.1 Å². The normalized spacial score (nSPS) is 10.5. The lowest BCUT2D eigenvalue weighted by Crippen LogP contribution is -2.18. The minimum atomic E-state index is 0.562. The van der Waals surface area contributed by atoms with E-state index in [4.69, 9.17) is 16.6 Å². The number of aromatic nitrogens is 2. The molecule has 0 unspecified atom stereocenters. The molecule has 3 aromatic rings. The van der Waals surface area contributed by atoms with E-state index in [-0.39, 0.29) is 0 Å².